The maximum absolute atomic E-state index is 12.0. The van der Waals surface area contributed by atoms with Crippen molar-refractivity contribution in [3.05, 3.63) is 23.7 Å². The summed E-state index contributed by atoms with van der Waals surface area (Å²) in [4.78, 5) is 12.0. The van der Waals surface area contributed by atoms with E-state index in [0.717, 1.165) is 12.2 Å². The second kappa shape index (κ2) is 4.70. The van der Waals surface area contributed by atoms with Crippen molar-refractivity contribution in [2.75, 3.05) is 6.54 Å². The highest BCUT2D eigenvalue weighted by atomic mass is 16.3. The van der Waals surface area contributed by atoms with Crippen LogP contribution < -0.4 is 11.1 Å². The van der Waals surface area contributed by atoms with Crippen LogP contribution in [0.1, 0.15) is 35.9 Å². The quantitative estimate of drug-likeness (QED) is 0.789. The number of carbonyl (C=O) groups is 1. The van der Waals surface area contributed by atoms with Gasteiger partial charge in [0.15, 0.2) is 0 Å². The topological polar surface area (TPSA) is 68.3 Å². The SMILES string of the molecule is CCc1occc1C(=O)NC(CN)C1CC1. The zero-order valence-corrected chi connectivity index (χ0v) is 9.53. The number of hydrogen-bond donors (Lipinski definition) is 2. The Hall–Kier alpha value is -1.29. The molecule has 1 fully saturated rings. The number of nitrogens with two attached hydrogens (primary N) is 1. The van der Waals surface area contributed by atoms with Crippen molar-refractivity contribution in [2.24, 2.45) is 11.7 Å². The largest absolute Gasteiger partial charge is 0.469 e. The molecule has 1 aliphatic carbocycles. The van der Waals surface area contributed by atoms with Gasteiger partial charge >= 0.3 is 0 Å². The lowest BCUT2D eigenvalue weighted by molar-refractivity contribution is 0.0931. The Morgan fingerprint density at radius 1 is 1.69 bits per heavy atom. The Morgan fingerprint density at radius 3 is 3.00 bits per heavy atom. The number of hydrogen-bond acceptors (Lipinski definition) is 3. The van der Waals surface area contributed by atoms with E-state index in [9.17, 15) is 4.79 Å². The van der Waals surface area contributed by atoms with E-state index in [0.29, 0.717) is 18.0 Å². The van der Waals surface area contributed by atoms with Crippen LogP contribution in [0.4, 0.5) is 0 Å². The minimum atomic E-state index is -0.0621. The van der Waals surface area contributed by atoms with Gasteiger partial charge in [-0.1, -0.05) is 6.92 Å². The average Bonchev–Trinajstić information content (AvgIpc) is 3.02. The fraction of sp³-hybridized carbons (Fsp3) is 0.583. The van der Waals surface area contributed by atoms with E-state index in [2.05, 4.69) is 5.32 Å². The molecule has 4 nitrogen and oxygen atoms in total. The fourth-order valence-corrected chi connectivity index (χ4v) is 1.93. The number of aryl methyl sites for hydroxylation is 1. The fourth-order valence-electron chi connectivity index (χ4n) is 1.93. The highest BCUT2D eigenvalue weighted by Gasteiger charge is 2.31. The van der Waals surface area contributed by atoms with Crippen molar-refractivity contribution in [1.82, 2.24) is 5.32 Å². The molecular weight excluding hydrogens is 204 g/mol. The maximum atomic E-state index is 12.0. The lowest BCUT2D eigenvalue weighted by Crippen LogP contribution is -2.41. The molecule has 0 saturated heterocycles. The third-order valence-electron chi connectivity index (χ3n) is 3.07. The zero-order chi connectivity index (χ0) is 11.5. The smallest absolute Gasteiger partial charge is 0.255 e. The van der Waals surface area contributed by atoms with Gasteiger partial charge < -0.3 is 15.5 Å². The summed E-state index contributed by atoms with van der Waals surface area (Å²) in [5.41, 5.74) is 6.29. The standard InChI is InChI=1S/C12H18N2O2/c1-2-11-9(5-6-16-11)12(15)14-10(7-13)8-3-4-8/h5-6,8,10H,2-4,7,13H2,1H3,(H,14,15). The Bertz CT molecular complexity index is 369. The first-order valence-corrected chi connectivity index (χ1v) is 5.83. The molecule has 4 heteroatoms. The van der Waals surface area contributed by atoms with Crippen LogP contribution in [0, 0.1) is 5.92 Å². The number of nitrogens with one attached hydrogen (secondary N) is 1. The Morgan fingerprint density at radius 2 is 2.44 bits per heavy atom. The molecule has 1 unspecified atom stereocenters. The Kier molecular flexibility index (Phi) is 3.29. The van der Waals surface area contributed by atoms with Crippen LogP contribution in [-0.4, -0.2) is 18.5 Å². The van der Waals surface area contributed by atoms with Crippen molar-refractivity contribution in [3.8, 4) is 0 Å². The summed E-state index contributed by atoms with van der Waals surface area (Å²) in [5, 5.41) is 2.98. The number of carbonyl (C=O) groups excluding carboxylic acids is 1. The van der Waals surface area contributed by atoms with Gasteiger partial charge in [0, 0.05) is 19.0 Å². The van der Waals surface area contributed by atoms with E-state index in [4.69, 9.17) is 10.2 Å². The molecule has 16 heavy (non-hydrogen) atoms. The first-order chi connectivity index (χ1) is 7.76. The first kappa shape index (κ1) is 11.2. The molecule has 0 radical (unpaired) electrons. The lowest BCUT2D eigenvalue weighted by Gasteiger charge is -2.15. The third-order valence-corrected chi connectivity index (χ3v) is 3.07. The van der Waals surface area contributed by atoms with E-state index in [1.165, 1.54) is 12.8 Å². The first-order valence-electron chi connectivity index (χ1n) is 5.83. The minimum absolute atomic E-state index is 0.0621. The van der Waals surface area contributed by atoms with Gasteiger partial charge in [-0.15, -0.1) is 0 Å². The molecule has 1 aliphatic rings. The summed E-state index contributed by atoms with van der Waals surface area (Å²) in [6, 6.07) is 1.83. The normalized spacial score (nSPS) is 17.1. The molecule has 0 bridgehead atoms. The molecule has 1 aromatic heterocycles. The summed E-state index contributed by atoms with van der Waals surface area (Å²) in [5.74, 6) is 1.25. The van der Waals surface area contributed by atoms with Crippen LogP contribution in [0.2, 0.25) is 0 Å². The number of furan rings is 1. The van der Waals surface area contributed by atoms with Crippen LogP contribution >= 0.6 is 0 Å². The van der Waals surface area contributed by atoms with Crippen molar-refractivity contribution in [2.45, 2.75) is 32.2 Å². The van der Waals surface area contributed by atoms with Gasteiger partial charge in [0.05, 0.1) is 11.8 Å². The van der Waals surface area contributed by atoms with E-state index < -0.39 is 0 Å². The Labute approximate surface area is 95.2 Å². The summed E-state index contributed by atoms with van der Waals surface area (Å²) in [7, 11) is 0. The van der Waals surface area contributed by atoms with Gasteiger partial charge in [0.25, 0.3) is 5.91 Å². The average molecular weight is 222 g/mol. The second-order valence-corrected chi connectivity index (χ2v) is 4.26. The summed E-state index contributed by atoms with van der Waals surface area (Å²) < 4.78 is 5.23. The van der Waals surface area contributed by atoms with E-state index in [1.54, 1.807) is 12.3 Å². The van der Waals surface area contributed by atoms with Gasteiger partial charge in [-0.05, 0) is 24.8 Å². The number of amides is 1. The lowest BCUT2D eigenvalue weighted by atomic mass is 10.1. The van der Waals surface area contributed by atoms with Crippen molar-refractivity contribution in [1.29, 1.82) is 0 Å². The van der Waals surface area contributed by atoms with Gasteiger partial charge in [0.1, 0.15) is 5.76 Å². The molecule has 1 saturated carbocycles. The Balaban J connectivity index is 2.01. The molecule has 0 aliphatic heterocycles. The van der Waals surface area contributed by atoms with Crippen molar-refractivity contribution >= 4 is 5.91 Å². The molecule has 1 atom stereocenters. The minimum Gasteiger partial charge on any atom is -0.469 e. The van der Waals surface area contributed by atoms with Crippen LogP contribution in [0.15, 0.2) is 16.7 Å². The molecule has 0 spiro atoms. The summed E-state index contributed by atoms with van der Waals surface area (Å²) >= 11 is 0. The number of rotatable bonds is 5. The maximum Gasteiger partial charge on any atom is 0.255 e. The zero-order valence-electron chi connectivity index (χ0n) is 9.53. The molecule has 1 aromatic rings. The van der Waals surface area contributed by atoms with Crippen LogP contribution in [-0.2, 0) is 6.42 Å². The highest BCUT2D eigenvalue weighted by molar-refractivity contribution is 5.95. The second-order valence-electron chi connectivity index (χ2n) is 4.26. The molecule has 1 amide bonds. The highest BCUT2D eigenvalue weighted by Crippen LogP contribution is 2.32. The molecule has 0 aromatic carbocycles. The van der Waals surface area contributed by atoms with E-state index in [1.807, 2.05) is 6.92 Å². The monoisotopic (exact) mass is 222 g/mol. The molecule has 1 heterocycles. The van der Waals surface area contributed by atoms with Crippen molar-refractivity contribution in [3.63, 3.8) is 0 Å². The van der Waals surface area contributed by atoms with Crippen LogP contribution in [0.25, 0.3) is 0 Å². The van der Waals surface area contributed by atoms with E-state index in [-0.39, 0.29) is 11.9 Å². The van der Waals surface area contributed by atoms with E-state index >= 15 is 0 Å². The van der Waals surface area contributed by atoms with Crippen LogP contribution in [0.3, 0.4) is 0 Å². The summed E-state index contributed by atoms with van der Waals surface area (Å²) in [6.07, 6.45) is 4.64. The van der Waals surface area contributed by atoms with Gasteiger partial charge in [-0.3, -0.25) is 4.79 Å². The van der Waals surface area contributed by atoms with Crippen LogP contribution in [0.5, 0.6) is 0 Å². The third kappa shape index (κ3) is 2.27. The molecule has 2 rings (SSSR count). The predicted molar refractivity (Wildman–Crippen MR) is 61.1 cm³/mol. The molecular formula is C12H18N2O2. The van der Waals surface area contributed by atoms with Gasteiger partial charge in [-0.2, -0.15) is 0 Å². The van der Waals surface area contributed by atoms with Crippen molar-refractivity contribution < 1.29 is 9.21 Å². The molecule has 3 N–H and O–H groups in total. The summed E-state index contributed by atoms with van der Waals surface area (Å²) in [6.45, 7) is 2.48. The predicted octanol–water partition coefficient (Wildman–Crippen LogP) is 1.31. The van der Waals surface area contributed by atoms with Gasteiger partial charge in [-0.25, -0.2) is 0 Å². The van der Waals surface area contributed by atoms with Gasteiger partial charge in [0.2, 0.25) is 0 Å². The molecule has 88 valence electrons.